The van der Waals surface area contributed by atoms with Crippen LogP contribution in [0.5, 0.6) is 0 Å². The van der Waals surface area contributed by atoms with E-state index in [9.17, 15) is 9.18 Å². The van der Waals surface area contributed by atoms with E-state index in [1.165, 1.54) is 13.0 Å². The molecule has 1 aromatic carbocycles. The Morgan fingerprint density at radius 1 is 1.24 bits per heavy atom. The van der Waals surface area contributed by atoms with Crippen LogP contribution in [0, 0.1) is 0 Å². The molecular weight excluding hydrogens is 421 g/mol. The molecule has 0 aliphatic rings. The number of amidine groups is 1. The summed E-state index contributed by atoms with van der Waals surface area (Å²) in [5.41, 5.74) is 11.7. The Balaban J connectivity index is 2.38. The molecule has 9 heteroatoms. The van der Waals surface area contributed by atoms with Gasteiger partial charge >= 0.3 is 0 Å². The number of nitrogens with one attached hydrogen (secondary N) is 2. The van der Waals surface area contributed by atoms with Crippen LogP contribution in [0.2, 0.25) is 0 Å². The highest BCUT2D eigenvalue weighted by Gasteiger charge is 2.12. The van der Waals surface area contributed by atoms with E-state index in [1.807, 2.05) is 45.3 Å². The number of hydrazine groups is 1. The number of hydrogen-bond acceptors (Lipinski definition) is 6. The molecule has 1 aromatic heterocycles. The fourth-order valence-electron chi connectivity index (χ4n) is 2.87. The van der Waals surface area contributed by atoms with Gasteiger partial charge in [-0.15, -0.1) is 0 Å². The van der Waals surface area contributed by atoms with Crippen LogP contribution in [0.3, 0.4) is 0 Å². The highest BCUT2D eigenvalue weighted by molar-refractivity contribution is 6.03. The molecular formula is C24H30FN7O. The van der Waals surface area contributed by atoms with Gasteiger partial charge in [-0.1, -0.05) is 24.3 Å². The summed E-state index contributed by atoms with van der Waals surface area (Å²) in [6.07, 6.45) is 8.11. The first-order chi connectivity index (χ1) is 15.7. The highest BCUT2D eigenvalue weighted by atomic mass is 19.1. The third kappa shape index (κ3) is 7.99. The summed E-state index contributed by atoms with van der Waals surface area (Å²) < 4.78 is 13.5. The normalized spacial score (nSPS) is 13.0. The summed E-state index contributed by atoms with van der Waals surface area (Å²) in [7, 11) is 3.66. The van der Waals surface area contributed by atoms with E-state index in [0.717, 1.165) is 11.1 Å². The lowest BCUT2D eigenvalue weighted by Crippen LogP contribution is -2.32. The number of benzene rings is 1. The minimum Gasteiger partial charge on any atom is -0.383 e. The van der Waals surface area contributed by atoms with E-state index < -0.39 is 5.83 Å². The van der Waals surface area contributed by atoms with Crippen molar-refractivity contribution >= 4 is 23.2 Å². The van der Waals surface area contributed by atoms with Gasteiger partial charge in [-0.2, -0.15) is 0 Å². The first kappa shape index (κ1) is 25.4. The first-order valence-corrected chi connectivity index (χ1v) is 10.3. The van der Waals surface area contributed by atoms with E-state index >= 15 is 0 Å². The van der Waals surface area contributed by atoms with Crippen LogP contribution in [0.25, 0.3) is 11.1 Å². The van der Waals surface area contributed by atoms with E-state index in [1.54, 1.807) is 35.4 Å². The number of aromatic nitrogens is 1. The maximum atomic E-state index is 13.5. The quantitative estimate of drug-likeness (QED) is 0.161. The van der Waals surface area contributed by atoms with E-state index in [-0.39, 0.29) is 17.6 Å². The van der Waals surface area contributed by atoms with Crippen LogP contribution in [-0.4, -0.2) is 42.3 Å². The van der Waals surface area contributed by atoms with Gasteiger partial charge in [-0.05, 0) is 63.9 Å². The number of hydrogen-bond donors (Lipinski definition) is 4. The monoisotopic (exact) mass is 451 g/mol. The number of aliphatic imine (C=N–C) groups is 1. The molecule has 1 heterocycles. The summed E-state index contributed by atoms with van der Waals surface area (Å²) >= 11 is 0. The van der Waals surface area contributed by atoms with Crippen molar-refractivity contribution < 1.29 is 9.18 Å². The van der Waals surface area contributed by atoms with Crippen molar-refractivity contribution in [3.8, 4) is 11.1 Å². The Morgan fingerprint density at radius 2 is 1.94 bits per heavy atom. The van der Waals surface area contributed by atoms with Crippen molar-refractivity contribution in [1.29, 1.82) is 0 Å². The zero-order valence-electron chi connectivity index (χ0n) is 19.3. The zero-order chi connectivity index (χ0) is 24.4. The second-order valence-electron chi connectivity index (χ2n) is 7.47. The minimum absolute atomic E-state index is 0.0987. The molecule has 0 spiro atoms. The molecule has 0 saturated heterocycles. The van der Waals surface area contributed by atoms with Crippen LogP contribution >= 0.6 is 0 Å². The van der Waals surface area contributed by atoms with Crippen molar-refractivity contribution in [2.24, 2.45) is 10.8 Å². The maximum Gasteiger partial charge on any atom is 0.238 e. The molecule has 0 atom stereocenters. The Kier molecular flexibility index (Phi) is 9.46. The molecule has 0 radical (unpaired) electrons. The second-order valence-corrected chi connectivity index (χ2v) is 7.47. The van der Waals surface area contributed by atoms with Gasteiger partial charge in [0.25, 0.3) is 0 Å². The zero-order valence-corrected chi connectivity index (χ0v) is 19.3. The molecule has 0 fully saturated rings. The number of carbonyl (C=O) groups excluding carboxylic acids is 1. The van der Waals surface area contributed by atoms with Crippen molar-refractivity contribution in [2.45, 2.75) is 13.8 Å². The Hall–Kier alpha value is -3.82. The van der Waals surface area contributed by atoms with Gasteiger partial charge < -0.3 is 21.4 Å². The number of halogens is 1. The summed E-state index contributed by atoms with van der Waals surface area (Å²) in [6, 6.07) is 9.13. The lowest BCUT2D eigenvalue weighted by atomic mass is 10.0. The molecule has 33 heavy (non-hydrogen) atoms. The number of anilines is 2. The summed E-state index contributed by atoms with van der Waals surface area (Å²) in [5, 5.41) is 2.84. The predicted octanol–water partition coefficient (Wildman–Crippen LogP) is 3.37. The smallest absolute Gasteiger partial charge is 0.238 e. The number of amides is 1. The number of nitrogens with zero attached hydrogens (tertiary/aromatic N) is 3. The first-order valence-electron chi connectivity index (χ1n) is 10.3. The molecule has 0 bridgehead atoms. The highest BCUT2D eigenvalue weighted by Crippen LogP contribution is 2.24. The molecule has 0 aliphatic carbocycles. The topological polar surface area (TPSA) is 122 Å². The second kappa shape index (κ2) is 12.3. The number of nitrogen functional groups attached to an aromatic ring is 1. The Bertz CT molecular complexity index is 1080. The fourth-order valence-corrected chi connectivity index (χ4v) is 2.87. The van der Waals surface area contributed by atoms with Gasteiger partial charge in [0.15, 0.2) is 5.84 Å². The number of nitrogens with two attached hydrogens (primary N) is 2. The molecule has 0 unspecified atom stereocenters. The van der Waals surface area contributed by atoms with Gasteiger partial charge in [-0.3, -0.25) is 4.79 Å². The third-order valence-electron chi connectivity index (χ3n) is 4.32. The van der Waals surface area contributed by atoms with Crippen molar-refractivity contribution in [2.75, 3.05) is 31.7 Å². The molecule has 8 nitrogen and oxygen atoms in total. The van der Waals surface area contributed by atoms with Gasteiger partial charge in [-0.25, -0.2) is 20.2 Å². The van der Waals surface area contributed by atoms with Crippen molar-refractivity contribution in [3.63, 3.8) is 0 Å². The molecule has 2 aromatic rings. The van der Waals surface area contributed by atoms with Crippen LogP contribution in [0.4, 0.5) is 15.9 Å². The largest absolute Gasteiger partial charge is 0.383 e. The fraction of sp³-hybridized carbons (Fsp3) is 0.208. The number of carbonyl (C=O) groups is 1. The maximum absolute atomic E-state index is 13.5. The number of pyridine rings is 1. The number of allylic oxidation sites excluding steroid dienone is 5. The van der Waals surface area contributed by atoms with E-state index in [2.05, 4.69) is 20.7 Å². The van der Waals surface area contributed by atoms with Gasteiger partial charge in [0.1, 0.15) is 5.82 Å². The average molecular weight is 452 g/mol. The predicted molar refractivity (Wildman–Crippen MR) is 133 cm³/mol. The number of rotatable bonds is 8. The van der Waals surface area contributed by atoms with Crippen molar-refractivity contribution in [1.82, 2.24) is 15.3 Å². The third-order valence-corrected chi connectivity index (χ3v) is 4.32. The van der Waals surface area contributed by atoms with E-state index in [4.69, 9.17) is 11.6 Å². The molecule has 2 rings (SSSR count). The standard InChI is InChI=1S/C24H30FN7O/c1-5-6-7-20(12-16(2)25)30-24(31-27)21-13-18(14-28-23(21)26)17-8-10-19(11-9-17)29-22(33)15-32(3)4/h5-14H,15,27H2,1-4H3,(H2,26,28)(H,29,33)(H,30,31)/b6-5-,16-12+,20-7+. The van der Waals surface area contributed by atoms with Gasteiger partial charge in [0.2, 0.25) is 5.91 Å². The Labute approximate surface area is 193 Å². The SMILES string of the molecule is C\C=C/C=C(\C=C(/C)F)N=C(NN)c1cc(-c2ccc(NC(=O)CN(C)C)cc2)cnc1N. The number of likely N-dealkylation sites (N-methyl/N-ethyl adjacent to an activating group) is 1. The van der Waals surface area contributed by atoms with Crippen LogP contribution < -0.4 is 22.3 Å². The van der Waals surface area contributed by atoms with Crippen LogP contribution in [0.15, 0.2) is 77.3 Å². The summed E-state index contributed by atoms with van der Waals surface area (Å²) in [4.78, 5) is 22.4. The molecule has 0 saturated carbocycles. The minimum atomic E-state index is -0.400. The lowest BCUT2D eigenvalue weighted by Gasteiger charge is -2.12. The van der Waals surface area contributed by atoms with Gasteiger partial charge in [0, 0.05) is 17.4 Å². The van der Waals surface area contributed by atoms with E-state index in [0.29, 0.717) is 23.5 Å². The Morgan fingerprint density at radius 3 is 2.52 bits per heavy atom. The lowest BCUT2D eigenvalue weighted by molar-refractivity contribution is -0.116. The van der Waals surface area contributed by atoms with Gasteiger partial charge in [0.05, 0.1) is 23.6 Å². The van der Waals surface area contributed by atoms with Crippen molar-refractivity contribution in [3.05, 3.63) is 77.9 Å². The molecule has 0 aliphatic heterocycles. The molecule has 174 valence electrons. The summed E-state index contributed by atoms with van der Waals surface area (Å²) in [5.74, 6) is 5.66. The average Bonchev–Trinajstić information content (AvgIpc) is 2.76. The van der Waals surface area contributed by atoms with Crippen LogP contribution in [-0.2, 0) is 4.79 Å². The molecule has 1 amide bonds. The molecule has 6 N–H and O–H groups in total. The van der Waals surface area contributed by atoms with Crippen LogP contribution in [0.1, 0.15) is 19.4 Å². The summed E-state index contributed by atoms with van der Waals surface area (Å²) in [6.45, 7) is 3.47.